The second-order valence-electron chi connectivity index (χ2n) is 8.19. The molecule has 154 valence electrons. The summed E-state index contributed by atoms with van der Waals surface area (Å²) >= 11 is 0. The minimum atomic E-state index is 0.147. The van der Waals surface area contributed by atoms with Crippen molar-refractivity contribution in [2.75, 3.05) is 33.1 Å². The Labute approximate surface area is 175 Å². The Morgan fingerprint density at radius 2 is 1.97 bits per heavy atom. The van der Waals surface area contributed by atoms with Crippen LogP contribution in [0.25, 0.3) is 21.8 Å². The SMILES string of the molecule is COc1cc2c(Nc3ccc4[nH]ccc4c3)ccnc2cc1OCC1(N(C)C)CC1. The number of rotatable bonds is 7. The topological polar surface area (TPSA) is 62.4 Å². The first-order chi connectivity index (χ1) is 14.6. The average Bonchev–Trinajstić information content (AvgIpc) is 3.41. The first kappa shape index (κ1) is 18.8. The van der Waals surface area contributed by atoms with Crippen molar-refractivity contribution in [3.8, 4) is 11.5 Å². The lowest BCUT2D eigenvalue weighted by Gasteiger charge is -2.24. The molecule has 6 heteroatoms. The summed E-state index contributed by atoms with van der Waals surface area (Å²) in [5.74, 6) is 1.45. The minimum Gasteiger partial charge on any atom is -0.493 e. The smallest absolute Gasteiger partial charge is 0.163 e. The lowest BCUT2D eigenvalue weighted by atomic mass is 10.1. The van der Waals surface area contributed by atoms with Gasteiger partial charge in [0, 0.05) is 46.1 Å². The summed E-state index contributed by atoms with van der Waals surface area (Å²) in [5, 5.41) is 5.68. The lowest BCUT2D eigenvalue weighted by molar-refractivity contribution is 0.164. The fraction of sp³-hybridized carbons (Fsp3) is 0.292. The number of H-pyrrole nitrogens is 1. The molecule has 0 radical (unpaired) electrons. The summed E-state index contributed by atoms with van der Waals surface area (Å²) in [4.78, 5) is 10.0. The van der Waals surface area contributed by atoms with Gasteiger partial charge in [-0.3, -0.25) is 4.98 Å². The zero-order valence-electron chi connectivity index (χ0n) is 17.5. The predicted molar refractivity (Wildman–Crippen MR) is 121 cm³/mol. The number of likely N-dealkylation sites (N-methyl/N-ethyl adjacent to an activating group) is 1. The predicted octanol–water partition coefficient (Wildman–Crippen LogP) is 4.94. The molecule has 0 amide bonds. The van der Waals surface area contributed by atoms with Gasteiger partial charge in [-0.05, 0) is 63.3 Å². The van der Waals surface area contributed by atoms with E-state index in [2.05, 4.69) is 58.5 Å². The molecule has 30 heavy (non-hydrogen) atoms. The van der Waals surface area contributed by atoms with Gasteiger partial charge in [-0.25, -0.2) is 0 Å². The molecule has 0 saturated heterocycles. The van der Waals surface area contributed by atoms with E-state index < -0.39 is 0 Å². The summed E-state index contributed by atoms with van der Waals surface area (Å²) in [5.41, 5.74) is 4.14. The number of hydrogen-bond donors (Lipinski definition) is 2. The number of aromatic nitrogens is 2. The molecule has 0 unspecified atom stereocenters. The maximum absolute atomic E-state index is 6.19. The Morgan fingerprint density at radius 3 is 2.73 bits per heavy atom. The van der Waals surface area contributed by atoms with Crippen molar-refractivity contribution < 1.29 is 9.47 Å². The van der Waals surface area contributed by atoms with E-state index in [9.17, 15) is 0 Å². The number of nitrogens with zero attached hydrogens (tertiary/aromatic N) is 2. The van der Waals surface area contributed by atoms with Crippen LogP contribution in [-0.4, -0.2) is 48.2 Å². The van der Waals surface area contributed by atoms with E-state index in [0.29, 0.717) is 12.4 Å². The van der Waals surface area contributed by atoms with E-state index in [4.69, 9.17) is 9.47 Å². The van der Waals surface area contributed by atoms with E-state index in [1.54, 1.807) is 7.11 Å². The molecule has 2 heterocycles. The fourth-order valence-corrected chi connectivity index (χ4v) is 3.90. The highest BCUT2D eigenvalue weighted by Gasteiger charge is 2.45. The van der Waals surface area contributed by atoms with Crippen molar-refractivity contribution in [1.82, 2.24) is 14.9 Å². The molecule has 2 aromatic carbocycles. The molecule has 0 aliphatic heterocycles. The molecule has 1 fully saturated rings. The largest absolute Gasteiger partial charge is 0.493 e. The van der Waals surface area contributed by atoms with Crippen molar-refractivity contribution in [3.63, 3.8) is 0 Å². The fourth-order valence-electron chi connectivity index (χ4n) is 3.90. The summed E-state index contributed by atoms with van der Waals surface area (Å²) < 4.78 is 11.8. The first-order valence-electron chi connectivity index (χ1n) is 10.2. The average molecular weight is 402 g/mol. The van der Waals surface area contributed by atoms with E-state index in [1.165, 1.54) is 5.39 Å². The Bertz CT molecular complexity index is 1210. The highest BCUT2D eigenvalue weighted by molar-refractivity contribution is 5.95. The van der Waals surface area contributed by atoms with Crippen LogP contribution in [0.1, 0.15) is 12.8 Å². The molecule has 0 spiro atoms. The molecule has 1 aliphatic rings. The van der Waals surface area contributed by atoms with Crippen LogP contribution in [0.5, 0.6) is 11.5 Å². The van der Waals surface area contributed by atoms with Crippen LogP contribution >= 0.6 is 0 Å². The third kappa shape index (κ3) is 3.33. The molecule has 4 aromatic rings. The number of anilines is 2. The number of aromatic amines is 1. The van der Waals surface area contributed by atoms with Gasteiger partial charge in [0.05, 0.1) is 18.2 Å². The summed E-state index contributed by atoms with van der Waals surface area (Å²) in [6.45, 7) is 0.649. The second kappa shape index (κ2) is 7.22. The summed E-state index contributed by atoms with van der Waals surface area (Å²) in [7, 11) is 5.90. The zero-order valence-corrected chi connectivity index (χ0v) is 17.5. The third-order valence-corrected chi connectivity index (χ3v) is 6.13. The molecule has 2 N–H and O–H groups in total. The van der Waals surface area contributed by atoms with Crippen LogP contribution in [0.2, 0.25) is 0 Å². The van der Waals surface area contributed by atoms with Crippen molar-refractivity contribution in [3.05, 3.63) is 54.9 Å². The molecular formula is C24H26N4O2. The molecule has 2 aromatic heterocycles. The van der Waals surface area contributed by atoms with Crippen LogP contribution in [0.4, 0.5) is 11.4 Å². The number of benzene rings is 2. The quantitative estimate of drug-likeness (QED) is 0.458. The van der Waals surface area contributed by atoms with Crippen LogP contribution in [0.3, 0.4) is 0 Å². The van der Waals surface area contributed by atoms with Crippen molar-refractivity contribution >= 4 is 33.2 Å². The van der Waals surface area contributed by atoms with E-state index in [0.717, 1.165) is 46.4 Å². The van der Waals surface area contributed by atoms with E-state index in [1.807, 2.05) is 30.6 Å². The van der Waals surface area contributed by atoms with Crippen LogP contribution in [0.15, 0.2) is 54.9 Å². The van der Waals surface area contributed by atoms with Gasteiger partial charge in [-0.15, -0.1) is 0 Å². The molecule has 1 aliphatic carbocycles. The lowest BCUT2D eigenvalue weighted by Crippen LogP contribution is -2.35. The molecule has 0 bridgehead atoms. The number of pyridine rings is 1. The maximum Gasteiger partial charge on any atom is 0.163 e. The molecular weight excluding hydrogens is 376 g/mol. The normalized spacial score (nSPS) is 14.9. The van der Waals surface area contributed by atoms with Crippen molar-refractivity contribution in [2.24, 2.45) is 0 Å². The van der Waals surface area contributed by atoms with Crippen molar-refractivity contribution in [2.45, 2.75) is 18.4 Å². The van der Waals surface area contributed by atoms with Gasteiger partial charge in [-0.2, -0.15) is 0 Å². The number of fused-ring (bicyclic) bond motifs is 2. The van der Waals surface area contributed by atoms with Gasteiger partial charge >= 0.3 is 0 Å². The monoisotopic (exact) mass is 402 g/mol. The molecule has 1 saturated carbocycles. The Kier molecular flexibility index (Phi) is 4.51. The minimum absolute atomic E-state index is 0.147. The van der Waals surface area contributed by atoms with Crippen molar-refractivity contribution in [1.29, 1.82) is 0 Å². The standard InChI is InChI=1S/C24H26N4O2/c1-28(2)24(8-9-24)15-30-23-14-21-18(13-22(23)29-3)20(7-11-26-21)27-17-4-5-19-16(12-17)6-10-25-19/h4-7,10-14,25H,8-9,15H2,1-3H3,(H,26,27). The summed E-state index contributed by atoms with van der Waals surface area (Å²) in [6, 6.07) is 14.3. The highest BCUT2D eigenvalue weighted by Crippen LogP contribution is 2.42. The van der Waals surface area contributed by atoms with E-state index in [-0.39, 0.29) is 5.54 Å². The van der Waals surface area contributed by atoms with Gasteiger partial charge in [-0.1, -0.05) is 0 Å². The number of nitrogens with one attached hydrogen (secondary N) is 2. The second-order valence-corrected chi connectivity index (χ2v) is 8.19. The Balaban J connectivity index is 1.46. The van der Waals surface area contributed by atoms with Gasteiger partial charge < -0.3 is 24.7 Å². The molecule has 5 rings (SSSR count). The van der Waals surface area contributed by atoms with Crippen LogP contribution in [-0.2, 0) is 0 Å². The first-order valence-corrected chi connectivity index (χ1v) is 10.2. The van der Waals surface area contributed by atoms with E-state index >= 15 is 0 Å². The Morgan fingerprint density at radius 1 is 1.10 bits per heavy atom. The van der Waals surface area contributed by atoms with Crippen LogP contribution < -0.4 is 14.8 Å². The van der Waals surface area contributed by atoms with Gasteiger partial charge in [0.15, 0.2) is 11.5 Å². The zero-order chi connectivity index (χ0) is 20.7. The summed E-state index contributed by atoms with van der Waals surface area (Å²) in [6.07, 6.45) is 6.09. The van der Waals surface area contributed by atoms with Gasteiger partial charge in [0.25, 0.3) is 0 Å². The Hall–Kier alpha value is -3.25. The number of hydrogen-bond acceptors (Lipinski definition) is 5. The van der Waals surface area contributed by atoms with Gasteiger partial charge in [0.2, 0.25) is 0 Å². The molecule has 0 atom stereocenters. The maximum atomic E-state index is 6.19. The highest BCUT2D eigenvalue weighted by atomic mass is 16.5. The van der Waals surface area contributed by atoms with Gasteiger partial charge in [0.1, 0.15) is 6.61 Å². The number of ether oxygens (including phenoxy) is 2. The molecule has 6 nitrogen and oxygen atoms in total. The third-order valence-electron chi connectivity index (χ3n) is 6.13. The number of methoxy groups -OCH3 is 1. The van der Waals surface area contributed by atoms with Crippen LogP contribution in [0, 0.1) is 0 Å².